The Hall–Kier alpha value is -0.870. The van der Waals surface area contributed by atoms with Crippen molar-refractivity contribution in [1.82, 2.24) is 10.2 Å². The number of carbonyl (C=O) groups is 1. The molecular weight excluding hydrogens is 204 g/mol. The molecule has 0 saturated carbocycles. The highest BCUT2D eigenvalue weighted by atomic mass is 16.4. The smallest absolute Gasteiger partial charge is 0.330 e. The molecule has 0 rings (SSSR count). The van der Waals surface area contributed by atoms with E-state index < -0.39 is 5.97 Å². The van der Waals surface area contributed by atoms with Gasteiger partial charge in [-0.15, -0.1) is 0 Å². The van der Waals surface area contributed by atoms with Crippen LogP contribution in [0.25, 0.3) is 0 Å². The van der Waals surface area contributed by atoms with E-state index in [1.165, 1.54) is 0 Å². The van der Waals surface area contributed by atoms with Gasteiger partial charge in [0.15, 0.2) is 0 Å². The van der Waals surface area contributed by atoms with Gasteiger partial charge in [0, 0.05) is 24.7 Å². The number of hydrogen-bond donors (Lipinski definition) is 2. The maximum Gasteiger partial charge on any atom is 0.330 e. The molecule has 0 amide bonds. The summed E-state index contributed by atoms with van der Waals surface area (Å²) in [6.07, 6.45) is 1.71. The Morgan fingerprint density at radius 3 is 2.44 bits per heavy atom. The Kier molecular flexibility index (Phi) is 7.85. The molecule has 0 heterocycles. The summed E-state index contributed by atoms with van der Waals surface area (Å²) in [7, 11) is 0. The van der Waals surface area contributed by atoms with Crippen LogP contribution in [-0.2, 0) is 4.79 Å². The highest BCUT2D eigenvalue weighted by Crippen LogP contribution is 1.93. The number of carboxylic acid groups (broad SMARTS) is 1. The van der Waals surface area contributed by atoms with Crippen LogP contribution < -0.4 is 5.32 Å². The van der Waals surface area contributed by atoms with Crippen LogP contribution in [0.4, 0.5) is 0 Å². The minimum absolute atomic E-state index is 0.373. The van der Waals surface area contributed by atoms with Crippen LogP contribution >= 0.6 is 0 Å². The zero-order valence-electron chi connectivity index (χ0n) is 10.8. The SMILES string of the molecule is CCN(CC)CC(C)NC/C=C(/C)C(=O)O. The predicted molar refractivity (Wildman–Crippen MR) is 66.6 cm³/mol. The van der Waals surface area contributed by atoms with Crippen LogP contribution in [-0.4, -0.2) is 48.2 Å². The van der Waals surface area contributed by atoms with Crippen molar-refractivity contribution in [2.45, 2.75) is 33.7 Å². The third-order valence-corrected chi connectivity index (χ3v) is 2.64. The summed E-state index contributed by atoms with van der Waals surface area (Å²) >= 11 is 0. The van der Waals surface area contributed by atoms with Gasteiger partial charge in [-0.05, 0) is 26.9 Å². The lowest BCUT2D eigenvalue weighted by Gasteiger charge is -2.23. The highest BCUT2D eigenvalue weighted by Gasteiger charge is 2.05. The summed E-state index contributed by atoms with van der Waals surface area (Å²) < 4.78 is 0. The predicted octanol–water partition coefficient (Wildman–Crippen LogP) is 1.34. The van der Waals surface area contributed by atoms with Crippen molar-refractivity contribution in [2.75, 3.05) is 26.2 Å². The fraction of sp³-hybridized carbons (Fsp3) is 0.750. The molecule has 1 atom stereocenters. The number of carboxylic acids is 1. The average Bonchev–Trinajstić information content (AvgIpc) is 2.25. The summed E-state index contributed by atoms with van der Waals surface area (Å²) in [4.78, 5) is 12.9. The molecule has 0 saturated heterocycles. The van der Waals surface area contributed by atoms with E-state index in [2.05, 4.69) is 31.0 Å². The minimum atomic E-state index is -0.849. The van der Waals surface area contributed by atoms with Gasteiger partial charge in [-0.3, -0.25) is 0 Å². The van der Waals surface area contributed by atoms with E-state index in [4.69, 9.17) is 5.11 Å². The zero-order chi connectivity index (χ0) is 12.6. The van der Waals surface area contributed by atoms with E-state index in [-0.39, 0.29) is 0 Å². The Morgan fingerprint density at radius 2 is 2.00 bits per heavy atom. The number of rotatable bonds is 8. The first kappa shape index (κ1) is 15.1. The molecule has 0 aromatic heterocycles. The normalized spacial score (nSPS) is 14.2. The molecule has 16 heavy (non-hydrogen) atoms. The van der Waals surface area contributed by atoms with Gasteiger partial charge in [0.2, 0.25) is 0 Å². The van der Waals surface area contributed by atoms with E-state index in [0.29, 0.717) is 18.2 Å². The highest BCUT2D eigenvalue weighted by molar-refractivity contribution is 5.85. The Morgan fingerprint density at radius 1 is 1.44 bits per heavy atom. The molecule has 0 aliphatic rings. The maximum absolute atomic E-state index is 10.5. The van der Waals surface area contributed by atoms with Gasteiger partial charge in [0.05, 0.1) is 0 Å². The number of hydrogen-bond acceptors (Lipinski definition) is 3. The lowest BCUT2D eigenvalue weighted by molar-refractivity contribution is -0.132. The van der Waals surface area contributed by atoms with Gasteiger partial charge in [-0.2, -0.15) is 0 Å². The molecule has 0 radical (unpaired) electrons. The average molecular weight is 228 g/mol. The Bertz CT molecular complexity index is 235. The van der Waals surface area contributed by atoms with Crippen molar-refractivity contribution in [3.05, 3.63) is 11.6 Å². The van der Waals surface area contributed by atoms with Crippen molar-refractivity contribution in [1.29, 1.82) is 0 Å². The minimum Gasteiger partial charge on any atom is -0.478 e. The van der Waals surface area contributed by atoms with Crippen LogP contribution in [0.15, 0.2) is 11.6 Å². The molecule has 4 nitrogen and oxygen atoms in total. The quantitative estimate of drug-likeness (QED) is 0.616. The monoisotopic (exact) mass is 228 g/mol. The molecule has 0 aromatic carbocycles. The van der Waals surface area contributed by atoms with E-state index in [1.54, 1.807) is 13.0 Å². The molecule has 0 fully saturated rings. The van der Waals surface area contributed by atoms with Gasteiger partial charge < -0.3 is 15.3 Å². The second-order valence-corrected chi connectivity index (χ2v) is 3.99. The van der Waals surface area contributed by atoms with Crippen LogP contribution in [0.5, 0.6) is 0 Å². The van der Waals surface area contributed by atoms with Gasteiger partial charge >= 0.3 is 5.97 Å². The zero-order valence-corrected chi connectivity index (χ0v) is 10.8. The first-order valence-corrected chi connectivity index (χ1v) is 5.87. The molecular formula is C12H24N2O2. The van der Waals surface area contributed by atoms with E-state index in [9.17, 15) is 4.79 Å². The first-order chi connectivity index (χ1) is 7.51. The standard InChI is InChI=1S/C12H24N2O2/c1-5-14(6-2)9-11(4)13-8-7-10(3)12(15)16/h7,11,13H,5-6,8-9H2,1-4H3,(H,15,16)/b10-7-. The van der Waals surface area contributed by atoms with Crippen LogP contribution in [0.2, 0.25) is 0 Å². The van der Waals surface area contributed by atoms with Gasteiger partial charge in [-0.25, -0.2) is 4.79 Å². The van der Waals surface area contributed by atoms with Crippen molar-refractivity contribution >= 4 is 5.97 Å². The third-order valence-electron chi connectivity index (χ3n) is 2.64. The number of likely N-dealkylation sites (N-methyl/N-ethyl adjacent to an activating group) is 1. The summed E-state index contributed by atoms with van der Waals surface area (Å²) in [6, 6.07) is 0.373. The summed E-state index contributed by atoms with van der Waals surface area (Å²) in [5, 5.41) is 12.0. The second kappa shape index (κ2) is 8.30. The van der Waals surface area contributed by atoms with Crippen LogP contribution in [0, 0.1) is 0 Å². The lowest BCUT2D eigenvalue weighted by Crippen LogP contribution is -2.39. The van der Waals surface area contributed by atoms with Crippen molar-refractivity contribution in [3.63, 3.8) is 0 Å². The van der Waals surface area contributed by atoms with Crippen LogP contribution in [0.3, 0.4) is 0 Å². The van der Waals surface area contributed by atoms with Crippen molar-refractivity contribution in [3.8, 4) is 0 Å². The Labute approximate surface area is 98.3 Å². The molecule has 0 aliphatic carbocycles. The van der Waals surface area contributed by atoms with E-state index >= 15 is 0 Å². The molecule has 0 spiro atoms. The largest absolute Gasteiger partial charge is 0.478 e. The molecule has 0 aliphatic heterocycles. The fourth-order valence-corrected chi connectivity index (χ4v) is 1.43. The molecule has 0 aromatic rings. The third kappa shape index (κ3) is 6.58. The molecule has 94 valence electrons. The van der Waals surface area contributed by atoms with Crippen molar-refractivity contribution in [2.24, 2.45) is 0 Å². The molecule has 1 unspecified atom stereocenters. The number of nitrogens with one attached hydrogen (secondary N) is 1. The number of nitrogens with zero attached hydrogens (tertiary/aromatic N) is 1. The van der Waals surface area contributed by atoms with Gasteiger partial charge in [0.1, 0.15) is 0 Å². The molecule has 4 heteroatoms. The number of aliphatic carboxylic acids is 1. The van der Waals surface area contributed by atoms with Gasteiger partial charge in [0.25, 0.3) is 0 Å². The lowest BCUT2D eigenvalue weighted by atomic mass is 10.2. The summed E-state index contributed by atoms with van der Waals surface area (Å²) in [6.45, 7) is 11.7. The second-order valence-electron chi connectivity index (χ2n) is 3.99. The topological polar surface area (TPSA) is 52.6 Å². The van der Waals surface area contributed by atoms with Crippen molar-refractivity contribution < 1.29 is 9.90 Å². The first-order valence-electron chi connectivity index (χ1n) is 5.87. The molecule has 0 bridgehead atoms. The molecule has 2 N–H and O–H groups in total. The summed E-state index contributed by atoms with van der Waals surface area (Å²) in [5.41, 5.74) is 0.391. The van der Waals surface area contributed by atoms with E-state index in [0.717, 1.165) is 19.6 Å². The van der Waals surface area contributed by atoms with E-state index in [1.807, 2.05) is 0 Å². The maximum atomic E-state index is 10.5. The summed E-state index contributed by atoms with van der Waals surface area (Å²) in [5.74, 6) is -0.849. The Balaban J connectivity index is 3.85. The van der Waals surface area contributed by atoms with Gasteiger partial charge in [-0.1, -0.05) is 19.9 Å². The fourth-order valence-electron chi connectivity index (χ4n) is 1.43. The van der Waals surface area contributed by atoms with Crippen LogP contribution in [0.1, 0.15) is 27.7 Å².